The molecule has 0 aromatic heterocycles. The van der Waals surface area contributed by atoms with Crippen molar-refractivity contribution < 1.29 is 36.8 Å². The number of hydrogen-bond acceptors (Lipinski definition) is 8. The summed E-state index contributed by atoms with van der Waals surface area (Å²) in [5.74, 6) is 3.52. The minimum absolute atomic E-state index is 0.00196. The summed E-state index contributed by atoms with van der Waals surface area (Å²) in [5, 5.41) is 0.288. The lowest BCUT2D eigenvalue weighted by Gasteiger charge is -2.27. The second-order valence-electron chi connectivity index (χ2n) is 7.12. The van der Waals surface area contributed by atoms with Gasteiger partial charge in [-0.05, 0) is 31.2 Å². The van der Waals surface area contributed by atoms with Gasteiger partial charge in [-0.1, -0.05) is 17.5 Å². The summed E-state index contributed by atoms with van der Waals surface area (Å²) in [6.45, 7) is 4.02. The fourth-order valence-electron chi connectivity index (χ4n) is 3.13. The number of halogens is 1. The quantitative estimate of drug-likeness (QED) is 0.221. The Morgan fingerprint density at radius 2 is 1.53 bits per heavy atom. The third-order valence-electron chi connectivity index (χ3n) is 4.81. The molecule has 2 aromatic rings. The molecule has 0 aliphatic heterocycles. The number of anilines is 1. The largest absolute Gasteiger partial charge is 0.495 e. The summed E-state index contributed by atoms with van der Waals surface area (Å²) in [6, 6.07) is 9.22. The first-order chi connectivity index (χ1) is 17.4. The highest BCUT2D eigenvalue weighted by Gasteiger charge is 2.28. The Hall–Kier alpha value is -2.68. The Balaban J connectivity index is 2.20. The molecule has 0 spiro atoms. The Bertz CT molecular complexity index is 1090. The van der Waals surface area contributed by atoms with Gasteiger partial charge in [0, 0.05) is 12.1 Å². The molecule has 0 aliphatic rings. The fourth-order valence-corrected chi connectivity index (χ4v) is 4.81. The van der Waals surface area contributed by atoms with Crippen molar-refractivity contribution in [2.45, 2.75) is 11.8 Å². The van der Waals surface area contributed by atoms with Crippen molar-refractivity contribution >= 4 is 27.3 Å². The van der Waals surface area contributed by atoms with E-state index >= 15 is 0 Å². The van der Waals surface area contributed by atoms with Gasteiger partial charge in [-0.15, -0.1) is 6.42 Å². The number of hydrogen-bond donors (Lipinski definition) is 0. The van der Waals surface area contributed by atoms with Crippen molar-refractivity contribution in [1.82, 2.24) is 0 Å². The lowest BCUT2D eigenvalue weighted by Crippen LogP contribution is -2.34. The number of sulfonamides is 1. The van der Waals surface area contributed by atoms with Gasteiger partial charge in [0.05, 0.1) is 76.0 Å². The monoisotopic (exact) mass is 541 g/mol. The summed E-state index contributed by atoms with van der Waals surface area (Å²) in [4.78, 5) is 0.0808. The SMILES string of the molecule is C#CCOCCOCCOCCN(c1cc(OC)c(Cl)cc1OC)S(=O)(=O)c1ccc(OCC)cc1. The van der Waals surface area contributed by atoms with Gasteiger partial charge in [0.1, 0.15) is 23.9 Å². The molecule has 0 saturated heterocycles. The van der Waals surface area contributed by atoms with E-state index in [9.17, 15) is 8.42 Å². The van der Waals surface area contributed by atoms with E-state index in [4.69, 9.17) is 46.4 Å². The molecular weight excluding hydrogens is 510 g/mol. The van der Waals surface area contributed by atoms with Gasteiger partial charge in [-0.3, -0.25) is 4.31 Å². The second kappa shape index (κ2) is 15.4. The van der Waals surface area contributed by atoms with Crippen molar-refractivity contribution in [3.63, 3.8) is 0 Å². The summed E-state index contributed by atoms with van der Waals surface area (Å²) in [5.41, 5.74) is 0.262. The first kappa shape index (κ1) is 29.5. The fraction of sp³-hybridized carbons (Fsp3) is 0.440. The molecule has 0 heterocycles. The average Bonchev–Trinajstić information content (AvgIpc) is 2.88. The van der Waals surface area contributed by atoms with Gasteiger partial charge in [0.25, 0.3) is 10.0 Å². The molecule has 0 radical (unpaired) electrons. The molecule has 2 aromatic carbocycles. The van der Waals surface area contributed by atoms with E-state index < -0.39 is 10.0 Å². The maximum atomic E-state index is 13.7. The maximum Gasteiger partial charge on any atom is 0.264 e. The van der Waals surface area contributed by atoms with Crippen LogP contribution in [0.1, 0.15) is 6.92 Å². The van der Waals surface area contributed by atoms with Gasteiger partial charge in [-0.2, -0.15) is 0 Å². The Labute approximate surface area is 218 Å². The lowest BCUT2D eigenvalue weighted by molar-refractivity contribution is 0.0221. The molecule has 0 amide bonds. The van der Waals surface area contributed by atoms with Crippen LogP contribution in [0, 0.1) is 12.3 Å². The summed E-state index contributed by atoms with van der Waals surface area (Å²) >= 11 is 6.23. The molecule has 0 bridgehead atoms. The van der Waals surface area contributed by atoms with Crippen LogP contribution in [0.2, 0.25) is 5.02 Å². The Morgan fingerprint density at radius 3 is 2.11 bits per heavy atom. The smallest absolute Gasteiger partial charge is 0.264 e. The summed E-state index contributed by atoms with van der Waals surface area (Å²) < 4.78 is 60.9. The van der Waals surface area contributed by atoms with Gasteiger partial charge in [-0.25, -0.2) is 8.42 Å². The molecule has 0 fully saturated rings. The van der Waals surface area contributed by atoms with Crippen molar-refractivity contribution in [2.75, 3.05) is 71.3 Å². The van der Waals surface area contributed by atoms with Crippen molar-refractivity contribution in [3.8, 4) is 29.6 Å². The van der Waals surface area contributed by atoms with E-state index in [1.54, 1.807) is 12.1 Å². The summed E-state index contributed by atoms with van der Waals surface area (Å²) in [6.07, 6.45) is 5.11. The Morgan fingerprint density at radius 1 is 0.917 bits per heavy atom. The van der Waals surface area contributed by atoms with Crippen LogP contribution < -0.4 is 18.5 Å². The number of terminal acetylenes is 1. The van der Waals surface area contributed by atoms with Crippen LogP contribution in [-0.4, -0.2) is 75.4 Å². The molecule has 0 atom stereocenters. The Kier molecular flexibility index (Phi) is 12.7. The predicted octanol–water partition coefficient (Wildman–Crippen LogP) is 3.63. The van der Waals surface area contributed by atoms with Crippen LogP contribution in [-0.2, 0) is 24.2 Å². The minimum atomic E-state index is -4.01. The molecule has 198 valence electrons. The molecule has 36 heavy (non-hydrogen) atoms. The van der Waals surface area contributed by atoms with E-state index in [-0.39, 0.29) is 47.7 Å². The van der Waals surface area contributed by atoms with E-state index in [1.807, 2.05) is 6.92 Å². The number of ether oxygens (including phenoxy) is 6. The van der Waals surface area contributed by atoms with Crippen molar-refractivity contribution in [2.24, 2.45) is 0 Å². The molecule has 0 aliphatic carbocycles. The minimum Gasteiger partial charge on any atom is -0.495 e. The van der Waals surface area contributed by atoms with E-state index in [2.05, 4.69) is 5.92 Å². The second-order valence-corrected chi connectivity index (χ2v) is 9.39. The molecule has 0 N–H and O–H groups in total. The van der Waals surface area contributed by atoms with E-state index in [1.165, 1.54) is 42.8 Å². The van der Waals surface area contributed by atoms with Gasteiger partial charge >= 0.3 is 0 Å². The van der Waals surface area contributed by atoms with Crippen molar-refractivity contribution in [1.29, 1.82) is 0 Å². The lowest BCUT2D eigenvalue weighted by atomic mass is 10.2. The third-order valence-corrected chi connectivity index (χ3v) is 6.94. The number of rotatable bonds is 17. The predicted molar refractivity (Wildman–Crippen MR) is 138 cm³/mol. The first-order valence-electron chi connectivity index (χ1n) is 11.2. The molecule has 2 rings (SSSR count). The first-order valence-corrected chi connectivity index (χ1v) is 13.0. The average molecular weight is 542 g/mol. The third kappa shape index (κ3) is 8.47. The normalized spacial score (nSPS) is 11.1. The molecule has 11 heteroatoms. The van der Waals surface area contributed by atoms with Gasteiger partial charge in [0.2, 0.25) is 0 Å². The highest BCUT2D eigenvalue weighted by Crippen LogP contribution is 2.40. The standard InChI is InChI=1S/C25H32ClNO8S/c1-5-12-32-14-16-34-17-15-33-13-11-27(23-19-24(30-3)22(26)18-25(23)31-4)36(28,29)21-9-7-20(8-10-21)35-6-2/h1,7-10,18-19H,6,11-17H2,2-4H3. The van der Waals surface area contributed by atoms with Crippen LogP contribution in [0.5, 0.6) is 17.2 Å². The van der Waals surface area contributed by atoms with Crippen LogP contribution >= 0.6 is 11.6 Å². The number of benzene rings is 2. The van der Waals surface area contributed by atoms with Gasteiger partial charge < -0.3 is 28.4 Å². The van der Waals surface area contributed by atoms with Crippen molar-refractivity contribution in [3.05, 3.63) is 41.4 Å². The molecule has 0 unspecified atom stereocenters. The maximum absolute atomic E-state index is 13.7. The zero-order chi connectivity index (χ0) is 26.4. The van der Waals surface area contributed by atoms with Crippen LogP contribution in [0.4, 0.5) is 5.69 Å². The highest BCUT2D eigenvalue weighted by molar-refractivity contribution is 7.92. The molecular formula is C25H32ClNO8S. The molecule has 9 nitrogen and oxygen atoms in total. The van der Waals surface area contributed by atoms with Gasteiger partial charge in [0.15, 0.2) is 0 Å². The topological polar surface area (TPSA) is 92.8 Å². The zero-order valence-electron chi connectivity index (χ0n) is 20.7. The molecule has 0 saturated carbocycles. The zero-order valence-corrected chi connectivity index (χ0v) is 22.3. The highest BCUT2D eigenvalue weighted by atomic mass is 35.5. The number of nitrogens with zero attached hydrogens (tertiary/aromatic N) is 1. The number of methoxy groups -OCH3 is 2. The van der Waals surface area contributed by atoms with Crippen LogP contribution in [0.3, 0.4) is 0 Å². The van der Waals surface area contributed by atoms with E-state index in [0.717, 1.165) is 0 Å². The van der Waals surface area contributed by atoms with Crippen LogP contribution in [0.15, 0.2) is 41.3 Å². The summed E-state index contributed by atoms with van der Waals surface area (Å²) in [7, 11) is -1.13. The van der Waals surface area contributed by atoms with E-state index in [0.29, 0.717) is 37.9 Å². The van der Waals surface area contributed by atoms with Crippen LogP contribution in [0.25, 0.3) is 0 Å².